The number of rotatable bonds is 12. The van der Waals surface area contributed by atoms with Crippen molar-refractivity contribution in [2.45, 2.75) is 140 Å². The third kappa shape index (κ3) is 7.08. The van der Waals surface area contributed by atoms with Crippen molar-refractivity contribution in [1.29, 1.82) is 0 Å². The van der Waals surface area contributed by atoms with Gasteiger partial charge in [-0.05, 0) is 74.2 Å². The van der Waals surface area contributed by atoms with Gasteiger partial charge in [-0.1, -0.05) is 96.3 Å². The molecular weight excluding hydrogens is 548 g/mol. The summed E-state index contributed by atoms with van der Waals surface area (Å²) in [5.41, 5.74) is -0.712. The van der Waals surface area contributed by atoms with E-state index in [-0.39, 0.29) is 18.4 Å². The molecule has 1 N–H and O–H groups in total. The highest BCUT2D eigenvalue weighted by molar-refractivity contribution is 7.95. The minimum Gasteiger partial charge on any atom is -0.374 e. The summed E-state index contributed by atoms with van der Waals surface area (Å²) in [7, 11) is 0. The zero-order valence-corrected chi connectivity index (χ0v) is 26.4. The van der Waals surface area contributed by atoms with Gasteiger partial charge in [0.25, 0.3) is 0 Å². The summed E-state index contributed by atoms with van der Waals surface area (Å²) in [5.74, 6) is -3.47. The van der Waals surface area contributed by atoms with Crippen LogP contribution >= 0.6 is 12.0 Å². The monoisotopic (exact) mass is 602 g/mol. The maximum atomic E-state index is 15.9. The zero-order valence-electron chi connectivity index (χ0n) is 25.6. The van der Waals surface area contributed by atoms with Gasteiger partial charge in [0.05, 0.1) is 6.61 Å². The summed E-state index contributed by atoms with van der Waals surface area (Å²) in [4.78, 5) is 0. The molecular formula is C34H54F4O2S. The second kappa shape index (κ2) is 14.5. The van der Waals surface area contributed by atoms with E-state index < -0.39 is 47.6 Å². The van der Waals surface area contributed by atoms with Crippen LogP contribution in [0.3, 0.4) is 0 Å². The Kier molecular flexibility index (Phi) is 11.8. The van der Waals surface area contributed by atoms with Crippen molar-refractivity contribution >= 4 is 12.0 Å². The number of ether oxygens (including phenoxy) is 1. The molecule has 0 radical (unpaired) electrons. The Morgan fingerprint density at radius 3 is 1.90 bits per heavy atom. The van der Waals surface area contributed by atoms with Gasteiger partial charge in [0.2, 0.25) is 10.7 Å². The fraction of sp³-hybridized carbons (Fsp3) is 0.882. The third-order valence-electron chi connectivity index (χ3n) is 11.0. The lowest BCUT2D eigenvalue weighted by molar-refractivity contribution is -0.216. The largest absolute Gasteiger partial charge is 0.374 e. The van der Waals surface area contributed by atoms with Gasteiger partial charge in [-0.25, -0.2) is 17.6 Å². The standard InChI is InChI=1S/C34H54F4O2S/c1-4-32(35,34(38,41-39)24(2)3)33(36,37)23-40-22-31-29(26-16-10-6-11-17-26)20-28(25-14-8-5-9-15-25)21-30(31)27-18-12-7-13-19-27/h20-21,24-27,29,31,39H,4-19,22-23H2,1-3H3. The average molecular weight is 603 g/mol. The molecule has 0 saturated heterocycles. The topological polar surface area (TPSA) is 29.5 Å². The van der Waals surface area contributed by atoms with Crippen LogP contribution in [0.4, 0.5) is 17.6 Å². The maximum absolute atomic E-state index is 15.9. The van der Waals surface area contributed by atoms with E-state index in [2.05, 4.69) is 12.2 Å². The number of allylic oxidation sites excluding steroid dienone is 3. The van der Waals surface area contributed by atoms with Crippen molar-refractivity contribution < 1.29 is 26.9 Å². The minimum absolute atomic E-state index is 0.00701. The van der Waals surface area contributed by atoms with Crippen molar-refractivity contribution in [1.82, 2.24) is 0 Å². The summed E-state index contributed by atoms with van der Waals surface area (Å²) in [6.07, 6.45) is 22.3. The molecule has 236 valence electrons. The Morgan fingerprint density at radius 1 is 0.854 bits per heavy atom. The Morgan fingerprint density at radius 2 is 1.39 bits per heavy atom. The first-order chi connectivity index (χ1) is 19.6. The van der Waals surface area contributed by atoms with Gasteiger partial charge in [-0.15, -0.1) is 0 Å². The quantitative estimate of drug-likeness (QED) is 0.178. The average Bonchev–Trinajstić information content (AvgIpc) is 3.01. The molecule has 4 rings (SSSR count). The highest BCUT2D eigenvalue weighted by Gasteiger charge is 2.69. The van der Waals surface area contributed by atoms with Crippen LogP contribution in [0.5, 0.6) is 0 Å². The van der Waals surface area contributed by atoms with Crippen LogP contribution in [0, 0.1) is 35.5 Å². The van der Waals surface area contributed by atoms with Gasteiger partial charge in [-0.2, -0.15) is 0 Å². The lowest BCUT2D eigenvalue weighted by Gasteiger charge is -2.44. The maximum Gasteiger partial charge on any atom is 0.308 e. The van der Waals surface area contributed by atoms with Crippen molar-refractivity contribution in [2.24, 2.45) is 35.5 Å². The second-order valence-electron chi connectivity index (χ2n) is 13.8. The normalized spacial score (nSPS) is 29.1. The Labute approximate surface area is 250 Å². The summed E-state index contributed by atoms with van der Waals surface area (Å²) in [5, 5.41) is -3.14. The van der Waals surface area contributed by atoms with Crippen LogP contribution in [0.15, 0.2) is 23.3 Å². The second-order valence-corrected chi connectivity index (χ2v) is 14.6. The highest BCUT2D eigenvalue weighted by atomic mass is 32.2. The van der Waals surface area contributed by atoms with Gasteiger partial charge in [0.1, 0.15) is 6.61 Å². The van der Waals surface area contributed by atoms with E-state index in [1.165, 1.54) is 103 Å². The molecule has 0 heterocycles. The van der Waals surface area contributed by atoms with E-state index in [0.717, 1.165) is 25.7 Å². The first-order valence-electron chi connectivity index (χ1n) is 16.7. The van der Waals surface area contributed by atoms with E-state index in [4.69, 9.17) is 4.74 Å². The number of alkyl halides is 4. The predicted octanol–water partition coefficient (Wildman–Crippen LogP) is 11.1. The van der Waals surface area contributed by atoms with Gasteiger partial charge in [-0.3, -0.25) is 0 Å². The number of hydrogen-bond acceptors (Lipinski definition) is 3. The van der Waals surface area contributed by atoms with E-state index in [0.29, 0.717) is 17.8 Å². The Hall–Kier alpha value is -0.530. The molecule has 0 aliphatic heterocycles. The first kappa shape index (κ1) is 33.4. The smallest absolute Gasteiger partial charge is 0.308 e. The summed E-state index contributed by atoms with van der Waals surface area (Å²) >= 11 is -0.442. The van der Waals surface area contributed by atoms with E-state index >= 15 is 17.6 Å². The third-order valence-corrected chi connectivity index (χ3v) is 12.1. The Balaban J connectivity index is 1.60. The van der Waals surface area contributed by atoms with E-state index in [1.54, 1.807) is 0 Å². The molecule has 0 bridgehead atoms. The highest BCUT2D eigenvalue weighted by Crippen LogP contribution is 2.54. The molecule has 3 saturated carbocycles. The van der Waals surface area contributed by atoms with Crippen molar-refractivity contribution in [2.75, 3.05) is 13.2 Å². The molecule has 0 aromatic carbocycles. The molecule has 4 unspecified atom stereocenters. The minimum atomic E-state index is -4.09. The lowest BCUT2D eigenvalue weighted by Crippen LogP contribution is -2.61. The van der Waals surface area contributed by atoms with Gasteiger partial charge in [0.15, 0.2) is 0 Å². The van der Waals surface area contributed by atoms with Crippen LogP contribution in [-0.4, -0.2) is 34.4 Å². The molecule has 0 spiro atoms. The summed E-state index contributed by atoms with van der Waals surface area (Å²) in [6, 6.07) is 0. The molecule has 0 amide bonds. The van der Waals surface area contributed by atoms with Crippen molar-refractivity contribution in [3.63, 3.8) is 0 Å². The van der Waals surface area contributed by atoms with Crippen LogP contribution in [-0.2, 0) is 4.74 Å². The van der Waals surface area contributed by atoms with Crippen molar-refractivity contribution in [3.8, 4) is 0 Å². The van der Waals surface area contributed by atoms with Crippen LogP contribution in [0.2, 0.25) is 0 Å². The molecule has 2 nitrogen and oxygen atoms in total. The number of hydrogen-bond donors (Lipinski definition) is 1. The molecule has 0 aromatic rings. The van der Waals surface area contributed by atoms with Gasteiger partial charge in [0, 0.05) is 23.9 Å². The molecule has 7 heteroatoms. The molecule has 0 aromatic heterocycles. The molecule has 4 aliphatic rings. The van der Waals surface area contributed by atoms with Crippen molar-refractivity contribution in [3.05, 3.63) is 23.3 Å². The Bertz CT molecular complexity index is 889. The van der Waals surface area contributed by atoms with E-state index in [9.17, 15) is 4.55 Å². The van der Waals surface area contributed by atoms with Gasteiger partial charge >= 0.3 is 5.92 Å². The lowest BCUT2D eigenvalue weighted by atomic mass is 9.64. The molecule has 41 heavy (non-hydrogen) atoms. The summed E-state index contributed by atoms with van der Waals surface area (Å²) < 4.78 is 78.1. The predicted molar refractivity (Wildman–Crippen MR) is 162 cm³/mol. The van der Waals surface area contributed by atoms with Crippen LogP contribution < -0.4 is 0 Å². The van der Waals surface area contributed by atoms with Crippen LogP contribution in [0.1, 0.15) is 124 Å². The molecule has 3 fully saturated rings. The summed E-state index contributed by atoms with van der Waals surface area (Å²) in [6.45, 7) is 2.75. The fourth-order valence-electron chi connectivity index (χ4n) is 8.46. The zero-order chi connectivity index (χ0) is 29.7. The number of halogens is 4. The molecule has 4 atom stereocenters. The van der Waals surface area contributed by atoms with Crippen LogP contribution in [0.25, 0.3) is 0 Å². The first-order valence-corrected chi connectivity index (χ1v) is 17.4. The van der Waals surface area contributed by atoms with Gasteiger partial charge < -0.3 is 9.29 Å². The van der Waals surface area contributed by atoms with E-state index in [1.807, 2.05) is 0 Å². The SMILES string of the molecule is CCC(F)(C(F)(F)COCC1C(C2CCCCC2)=CC(C2CCCCC2)=CC1C1CCCCC1)C(F)(SO)C(C)C. The molecule has 4 aliphatic carbocycles. The fourth-order valence-corrected chi connectivity index (χ4v) is 9.11.